The zero-order chi connectivity index (χ0) is 12.7. The number of hydrogen-bond donors (Lipinski definition) is 2. The topological polar surface area (TPSA) is 58.4 Å². The molecule has 0 bridgehead atoms. The maximum atomic E-state index is 11.8. The van der Waals surface area contributed by atoms with E-state index < -0.39 is 0 Å². The van der Waals surface area contributed by atoms with Gasteiger partial charge in [0.2, 0.25) is 0 Å². The zero-order valence-electron chi connectivity index (χ0n) is 11.3. The smallest absolute Gasteiger partial charge is 0.317 e. The van der Waals surface area contributed by atoms with Crippen molar-refractivity contribution in [3.05, 3.63) is 0 Å². The Balaban J connectivity index is 2.71. The Morgan fingerprint density at radius 3 is 2.12 bits per heavy atom. The zero-order valence-corrected chi connectivity index (χ0v) is 11.3. The summed E-state index contributed by atoms with van der Waals surface area (Å²) in [6, 6.07) is 0.245. The van der Waals surface area contributed by atoms with Gasteiger partial charge in [0.1, 0.15) is 0 Å². The molecule has 1 aliphatic carbocycles. The molecular formula is C12H25N3O. The third kappa shape index (κ3) is 1.79. The number of nitrogens with two attached hydrogens (primary N) is 1. The number of nitrogens with zero attached hydrogens (tertiary/aromatic N) is 1. The maximum absolute atomic E-state index is 11.8. The quantitative estimate of drug-likeness (QED) is 0.749. The first kappa shape index (κ1) is 13.3. The van der Waals surface area contributed by atoms with Gasteiger partial charge in [-0.25, -0.2) is 4.79 Å². The summed E-state index contributed by atoms with van der Waals surface area (Å²) in [5, 5.41) is 3.08. The second-order valence-electron chi connectivity index (χ2n) is 6.02. The van der Waals surface area contributed by atoms with Crippen molar-refractivity contribution >= 4 is 6.03 Å². The van der Waals surface area contributed by atoms with Gasteiger partial charge in [0.15, 0.2) is 0 Å². The molecule has 1 aliphatic rings. The molecule has 0 unspecified atom stereocenters. The van der Waals surface area contributed by atoms with Crippen LogP contribution in [0.1, 0.15) is 34.6 Å². The van der Waals surface area contributed by atoms with Crippen LogP contribution in [-0.4, -0.2) is 36.6 Å². The number of hydrogen-bond acceptors (Lipinski definition) is 2. The van der Waals surface area contributed by atoms with Crippen molar-refractivity contribution in [3.8, 4) is 0 Å². The number of amides is 2. The van der Waals surface area contributed by atoms with Gasteiger partial charge in [-0.1, -0.05) is 27.7 Å². The molecule has 16 heavy (non-hydrogen) atoms. The molecule has 3 N–H and O–H groups in total. The van der Waals surface area contributed by atoms with E-state index in [0.717, 1.165) is 0 Å². The van der Waals surface area contributed by atoms with Crippen LogP contribution >= 0.6 is 0 Å². The lowest BCUT2D eigenvalue weighted by Gasteiger charge is -2.62. The fraction of sp³-hybridized carbons (Fsp3) is 0.917. The van der Waals surface area contributed by atoms with Gasteiger partial charge in [-0.05, 0) is 6.92 Å². The molecule has 0 atom stereocenters. The molecule has 1 saturated carbocycles. The summed E-state index contributed by atoms with van der Waals surface area (Å²) >= 11 is 0. The van der Waals surface area contributed by atoms with E-state index in [0.29, 0.717) is 6.54 Å². The van der Waals surface area contributed by atoms with Crippen molar-refractivity contribution in [1.29, 1.82) is 0 Å². The average Bonchev–Trinajstić information content (AvgIpc) is 2.22. The number of nitrogens with one attached hydrogen (secondary N) is 1. The Hall–Kier alpha value is -0.770. The van der Waals surface area contributed by atoms with E-state index in [2.05, 4.69) is 33.0 Å². The fourth-order valence-electron chi connectivity index (χ4n) is 2.93. The fourth-order valence-corrected chi connectivity index (χ4v) is 2.93. The normalized spacial score (nSPS) is 30.4. The third-order valence-electron chi connectivity index (χ3n) is 4.18. The van der Waals surface area contributed by atoms with Crippen molar-refractivity contribution in [2.45, 2.75) is 46.7 Å². The van der Waals surface area contributed by atoms with E-state index in [-0.39, 0.29) is 28.9 Å². The van der Waals surface area contributed by atoms with E-state index in [4.69, 9.17) is 5.73 Å². The SMILES string of the molecule is CCN(C)C(=O)NC1C(C)(C)C(N)C1(C)C. The minimum absolute atomic E-state index is 0.0134. The first-order valence-corrected chi connectivity index (χ1v) is 5.92. The molecule has 94 valence electrons. The van der Waals surface area contributed by atoms with E-state index in [1.54, 1.807) is 11.9 Å². The molecule has 0 aromatic heterocycles. The second-order valence-corrected chi connectivity index (χ2v) is 6.02. The monoisotopic (exact) mass is 227 g/mol. The molecule has 4 nitrogen and oxygen atoms in total. The molecule has 1 rings (SSSR count). The third-order valence-corrected chi connectivity index (χ3v) is 4.18. The molecule has 0 saturated heterocycles. The van der Waals surface area contributed by atoms with Crippen molar-refractivity contribution in [1.82, 2.24) is 10.2 Å². The van der Waals surface area contributed by atoms with Gasteiger partial charge in [-0.2, -0.15) is 0 Å². The summed E-state index contributed by atoms with van der Waals surface area (Å²) in [5.41, 5.74) is 6.08. The number of carbonyl (C=O) groups excluding carboxylic acids is 1. The first-order valence-electron chi connectivity index (χ1n) is 5.92. The Kier molecular flexibility index (Phi) is 3.25. The summed E-state index contributed by atoms with van der Waals surface area (Å²) in [7, 11) is 1.80. The largest absolute Gasteiger partial charge is 0.334 e. The Bertz CT molecular complexity index is 270. The maximum Gasteiger partial charge on any atom is 0.317 e. The van der Waals surface area contributed by atoms with Gasteiger partial charge >= 0.3 is 6.03 Å². The highest BCUT2D eigenvalue weighted by molar-refractivity contribution is 5.74. The molecule has 2 amide bonds. The van der Waals surface area contributed by atoms with Gasteiger partial charge in [0.25, 0.3) is 0 Å². The molecule has 1 fully saturated rings. The molecule has 0 aromatic rings. The van der Waals surface area contributed by atoms with E-state index in [1.165, 1.54) is 0 Å². The van der Waals surface area contributed by atoms with Crippen LogP contribution < -0.4 is 11.1 Å². The Morgan fingerprint density at radius 1 is 1.31 bits per heavy atom. The summed E-state index contributed by atoms with van der Waals surface area (Å²) in [4.78, 5) is 13.5. The van der Waals surface area contributed by atoms with Crippen LogP contribution in [-0.2, 0) is 0 Å². The molecule has 0 heterocycles. The predicted octanol–water partition coefficient (Wildman–Crippen LogP) is 1.41. The average molecular weight is 227 g/mol. The number of urea groups is 1. The van der Waals surface area contributed by atoms with Crippen molar-refractivity contribution in [2.24, 2.45) is 16.6 Å². The van der Waals surface area contributed by atoms with E-state index in [1.807, 2.05) is 6.92 Å². The lowest BCUT2D eigenvalue weighted by molar-refractivity contribution is -0.0659. The molecule has 0 aliphatic heterocycles. The Morgan fingerprint density at radius 2 is 1.75 bits per heavy atom. The van der Waals surface area contributed by atoms with Crippen LogP contribution in [0.2, 0.25) is 0 Å². The number of carbonyl (C=O) groups is 1. The molecule has 0 aromatic carbocycles. The van der Waals surface area contributed by atoms with Crippen LogP contribution in [0.3, 0.4) is 0 Å². The predicted molar refractivity (Wildman–Crippen MR) is 66.2 cm³/mol. The van der Waals surface area contributed by atoms with Gasteiger partial charge in [0, 0.05) is 36.5 Å². The standard InChI is InChI=1S/C12H25N3O/c1-7-15(6)10(16)14-9-11(2,3)8(13)12(9,4)5/h8-9H,7,13H2,1-6H3,(H,14,16). The minimum atomic E-state index is -0.0340. The van der Waals surface area contributed by atoms with Gasteiger partial charge in [-0.15, -0.1) is 0 Å². The van der Waals surface area contributed by atoms with Gasteiger partial charge in [-0.3, -0.25) is 0 Å². The minimum Gasteiger partial charge on any atom is -0.334 e. The van der Waals surface area contributed by atoms with Gasteiger partial charge in [0.05, 0.1) is 0 Å². The molecule has 4 heteroatoms. The first-order chi connectivity index (χ1) is 7.15. The van der Waals surface area contributed by atoms with E-state index in [9.17, 15) is 4.79 Å². The summed E-state index contributed by atoms with van der Waals surface area (Å²) < 4.78 is 0. The lowest BCUT2D eigenvalue weighted by atomic mass is 9.48. The van der Waals surface area contributed by atoms with Crippen molar-refractivity contribution in [2.75, 3.05) is 13.6 Å². The summed E-state index contributed by atoms with van der Waals surface area (Å²) in [6.07, 6.45) is 0. The van der Waals surface area contributed by atoms with Crippen LogP contribution in [0.25, 0.3) is 0 Å². The molecular weight excluding hydrogens is 202 g/mol. The van der Waals surface area contributed by atoms with Crippen LogP contribution in [0.5, 0.6) is 0 Å². The summed E-state index contributed by atoms with van der Waals surface area (Å²) in [6.45, 7) is 11.1. The Labute approximate surface area is 98.6 Å². The van der Waals surface area contributed by atoms with Crippen LogP contribution in [0, 0.1) is 10.8 Å². The van der Waals surface area contributed by atoms with Crippen LogP contribution in [0.4, 0.5) is 4.79 Å². The van der Waals surface area contributed by atoms with E-state index >= 15 is 0 Å². The molecule has 0 radical (unpaired) electrons. The molecule has 0 spiro atoms. The van der Waals surface area contributed by atoms with Crippen molar-refractivity contribution < 1.29 is 4.79 Å². The number of rotatable bonds is 2. The van der Waals surface area contributed by atoms with Crippen molar-refractivity contribution in [3.63, 3.8) is 0 Å². The highest BCUT2D eigenvalue weighted by atomic mass is 16.2. The van der Waals surface area contributed by atoms with Crippen LogP contribution in [0.15, 0.2) is 0 Å². The second kappa shape index (κ2) is 3.91. The van der Waals surface area contributed by atoms with Gasteiger partial charge < -0.3 is 16.0 Å². The highest BCUT2D eigenvalue weighted by Gasteiger charge is 2.60. The highest BCUT2D eigenvalue weighted by Crippen LogP contribution is 2.52. The lowest BCUT2D eigenvalue weighted by Crippen LogP contribution is -2.76. The summed E-state index contributed by atoms with van der Waals surface area (Å²) in [5.74, 6) is 0.